The Balaban J connectivity index is 1.46. The second-order valence-corrected chi connectivity index (χ2v) is 7.67. The Labute approximate surface area is 169 Å². The minimum Gasteiger partial charge on any atom is -0.487 e. The first kappa shape index (κ1) is 19.8. The van der Waals surface area contributed by atoms with Gasteiger partial charge in [-0.1, -0.05) is 6.07 Å². The summed E-state index contributed by atoms with van der Waals surface area (Å²) in [6, 6.07) is 7.51. The molecule has 0 spiro atoms. The predicted octanol–water partition coefficient (Wildman–Crippen LogP) is 3.64. The van der Waals surface area contributed by atoms with E-state index in [4.69, 9.17) is 4.74 Å². The lowest BCUT2D eigenvalue weighted by molar-refractivity contribution is 0.0698. The van der Waals surface area contributed by atoms with Crippen molar-refractivity contribution in [1.29, 1.82) is 0 Å². The SMILES string of the molecule is O=C(c1c(F)cc(OCc2ccccn2)cc1F)N1CCCC1CN1CCCC1. The van der Waals surface area contributed by atoms with Gasteiger partial charge in [-0.15, -0.1) is 0 Å². The topological polar surface area (TPSA) is 45.7 Å². The molecule has 0 bridgehead atoms. The first-order valence-corrected chi connectivity index (χ1v) is 10.2. The van der Waals surface area contributed by atoms with Gasteiger partial charge in [0.25, 0.3) is 5.91 Å². The van der Waals surface area contributed by atoms with Crippen molar-refractivity contribution in [2.75, 3.05) is 26.2 Å². The van der Waals surface area contributed by atoms with Crippen LogP contribution in [0.4, 0.5) is 8.78 Å². The molecule has 2 fully saturated rings. The van der Waals surface area contributed by atoms with Crippen LogP contribution >= 0.6 is 0 Å². The maximum atomic E-state index is 14.7. The van der Waals surface area contributed by atoms with Crippen molar-refractivity contribution in [3.05, 3.63) is 59.4 Å². The number of nitrogens with zero attached hydrogens (tertiary/aromatic N) is 3. The van der Waals surface area contributed by atoms with Crippen molar-refractivity contribution in [3.8, 4) is 5.75 Å². The summed E-state index contributed by atoms with van der Waals surface area (Å²) in [5.74, 6) is -2.31. The molecule has 2 aliphatic heterocycles. The van der Waals surface area contributed by atoms with Gasteiger partial charge in [-0.2, -0.15) is 0 Å². The van der Waals surface area contributed by atoms with Gasteiger partial charge in [0.15, 0.2) is 0 Å². The molecular weight excluding hydrogens is 376 g/mol. The van der Waals surface area contributed by atoms with Crippen molar-refractivity contribution in [2.24, 2.45) is 0 Å². The molecule has 3 heterocycles. The van der Waals surface area contributed by atoms with Gasteiger partial charge < -0.3 is 14.5 Å². The van der Waals surface area contributed by atoms with Crippen LogP contribution in [0.25, 0.3) is 0 Å². The van der Waals surface area contributed by atoms with E-state index in [0.29, 0.717) is 12.2 Å². The lowest BCUT2D eigenvalue weighted by Gasteiger charge is -2.28. The Hall–Kier alpha value is -2.54. The van der Waals surface area contributed by atoms with Crippen molar-refractivity contribution >= 4 is 5.91 Å². The van der Waals surface area contributed by atoms with Crippen LogP contribution in [-0.2, 0) is 6.61 Å². The average molecular weight is 401 g/mol. The molecule has 154 valence electrons. The zero-order chi connectivity index (χ0) is 20.2. The van der Waals surface area contributed by atoms with Crippen LogP contribution in [0.2, 0.25) is 0 Å². The van der Waals surface area contributed by atoms with Gasteiger partial charge in [0, 0.05) is 37.5 Å². The number of pyridine rings is 1. The molecule has 1 aromatic carbocycles. The minimum atomic E-state index is -0.891. The molecule has 1 aromatic heterocycles. The lowest BCUT2D eigenvalue weighted by atomic mass is 10.1. The van der Waals surface area contributed by atoms with Gasteiger partial charge in [-0.3, -0.25) is 9.78 Å². The number of hydrogen-bond donors (Lipinski definition) is 0. The van der Waals surface area contributed by atoms with Crippen molar-refractivity contribution in [1.82, 2.24) is 14.8 Å². The Morgan fingerprint density at radius 1 is 1.10 bits per heavy atom. The van der Waals surface area contributed by atoms with E-state index in [2.05, 4.69) is 9.88 Å². The number of likely N-dealkylation sites (tertiary alicyclic amines) is 2. The maximum absolute atomic E-state index is 14.7. The summed E-state index contributed by atoms with van der Waals surface area (Å²) in [4.78, 5) is 21.0. The number of aromatic nitrogens is 1. The number of carbonyl (C=O) groups excluding carboxylic acids is 1. The van der Waals surface area contributed by atoms with E-state index in [9.17, 15) is 13.6 Å². The highest BCUT2D eigenvalue weighted by Gasteiger charge is 2.34. The van der Waals surface area contributed by atoms with Crippen LogP contribution < -0.4 is 4.74 Å². The van der Waals surface area contributed by atoms with Gasteiger partial charge in [-0.05, 0) is 50.9 Å². The Kier molecular flexibility index (Phi) is 6.04. The number of hydrogen-bond acceptors (Lipinski definition) is 4. The highest BCUT2D eigenvalue weighted by molar-refractivity contribution is 5.95. The standard InChI is InChI=1S/C22H25F2N3O2/c23-19-12-18(29-15-16-6-1-2-8-25-16)13-20(24)21(19)22(28)27-11-5-7-17(27)14-26-9-3-4-10-26/h1-2,6,8,12-13,17H,3-5,7,9-11,14-15H2. The molecule has 2 saturated heterocycles. The fraction of sp³-hybridized carbons (Fsp3) is 0.455. The third-order valence-electron chi connectivity index (χ3n) is 5.65. The molecule has 29 heavy (non-hydrogen) atoms. The molecule has 0 saturated carbocycles. The second-order valence-electron chi connectivity index (χ2n) is 7.67. The average Bonchev–Trinajstić information content (AvgIpc) is 3.39. The van der Waals surface area contributed by atoms with Crippen LogP contribution in [-0.4, -0.2) is 52.9 Å². The summed E-state index contributed by atoms with van der Waals surface area (Å²) in [6.45, 7) is 3.47. The number of benzene rings is 1. The van der Waals surface area contributed by atoms with E-state index in [-0.39, 0.29) is 18.4 Å². The van der Waals surface area contributed by atoms with Gasteiger partial charge >= 0.3 is 0 Å². The van der Waals surface area contributed by atoms with Crippen molar-refractivity contribution < 1.29 is 18.3 Å². The summed E-state index contributed by atoms with van der Waals surface area (Å²) in [7, 11) is 0. The molecule has 7 heteroatoms. The van der Waals surface area contributed by atoms with Crippen LogP contribution in [0.5, 0.6) is 5.75 Å². The minimum absolute atomic E-state index is 0.0134. The summed E-state index contributed by atoms with van der Waals surface area (Å²) < 4.78 is 34.8. The Morgan fingerprint density at radius 2 is 1.86 bits per heavy atom. The first-order valence-electron chi connectivity index (χ1n) is 10.2. The molecular formula is C22H25F2N3O2. The van der Waals surface area contributed by atoms with E-state index in [1.54, 1.807) is 23.2 Å². The van der Waals surface area contributed by atoms with E-state index in [1.807, 2.05) is 6.07 Å². The van der Waals surface area contributed by atoms with Gasteiger partial charge in [-0.25, -0.2) is 8.78 Å². The number of rotatable bonds is 6. The van der Waals surface area contributed by atoms with Gasteiger partial charge in [0.2, 0.25) is 0 Å². The molecule has 5 nitrogen and oxygen atoms in total. The molecule has 0 radical (unpaired) electrons. The predicted molar refractivity (Wildman–Crippen MR) is 105 cm³/mol. The molecule has 1 amide bonds. The van der Waals surface area contributed by atoms with Crippen LogP contribution in [0.1, 0.15) is 41.7 Å². The number of ether oxygens (including phenoxy) is 1. The third-order valence-corrected chi connectivity index (χ3v) is 5.65. The number of amides is 1. The second kappa shape index (κ2) is 8.86. The highest BCUT2D eigenvalue weighted by Crippen LogP contribution is 2.27. The Morgan fingerprint density at radius 3 is 2.55 bits per heavy atom. The largest absolute Gasteiger partial charge is 0.487 e. The fourth-order valence-electron chi connectivity index (χ4n) is 4.18. The molecule has 4 rings (SSSR count). The normalized spacial score (nSPS) is 19.7. The highest BCUT2D eigenvalue weighted by atomic mass is 19.1. The fourth-order valence-corrected chi connectivity index (χ4v) is 4.18. The molecule has 1 atom stereocenters. The van der Waals surface area contributed by atoms with Crippen molar-refractivity contribution in [3.63, 3.8) is 0 Å². The molecule has 2 aliphatic rings. The lowest BCUT2D eigenvalue weighted by Crippen LogP contribution is -2.43. The molecule has 0 aliphatic carbocycles. The monoisotopic (exact) mass is 401 g/mol. The van der Waals surface area contributed by atoms with Crippen LogP contribution in [0.15, 0.2) is 36.5 Å². The van der Waals surface area contributed by atoms with Gasteiger partial charge in [0.1, 0.15) is 29.6 Å². The third kappa shape index (κ3) is 4.56. The van der Waals surface area contributed by atoms with Crippen LogP contribution in [0.3, 0.4) is 0 Å². The first-order chi connectivity index (χ1) is 14.1. The van der Waals surface area contributed by atoms with E-state index < -0.39 is 23.1 Å². The van der Waals surface area contributed by atoms with E-state index >= 15 is 0 Å². The van der Waals surface area contributed by atoms with Crippen LogP contribution in [0, 0.1) is 11.6 Å². The smallest absolute Gasteiger partial charge is 0.260 e. The summed E-state index contributed by atoms with van der Waals surface area (Å²) in [6.07, 6.45) is 5.69. The molecule has 0 N–H and O–H groups in total. The Bertz CT molecular complexity index is 833. The van der Waals surface area contributed by atoms with E-state index in [1.165, 1.54) is 12.8 Å². The summed E-state index contributed by atoms with van der Waals surface area (Å²) >= 11 is 0. The van der Waals surface area contributed by atoms with Gasteiger partial charge in [0.05, 0.1) is 5.69 Å². The number of halogens is 2. The van der Waals surface area contributed by atoms with Crippen molar-refractivity contribution in [2.45, 2.75) is 38.3 Å². The summed E-state index contributed by atoms with van der Waals surface area (Å²) in [5.41, 5.74) is 0.152. The van der Waals surface area contributed by atoms with E-state index in [0.717, 1.165) is 44.6 Å². The zero-order valence-corrected chi connectivity index (χ0v) is 16.3. The molecule has 2 aromatic rings. The maximum Gasteiger partial charge on any atom is 0.260 e. The molecule has 1 unspecified atom stereocenters. The number of carbonyl (C=O) groups is 1. The quantitative estimate of drug-likeness (QED) is 0.742. The zero-order valence-electron chi connectivity index (χ0n) is 16.3. The summed E-state index contributed by atoms with van der Waals surface area (Å²) in [5, 5.41) is 0.